The molecule has 0 bridgehead atoms. The number of hydrogen-bond acceptors (Lipinski definition) is 4. The summed E-state index contributed by atoms with van der Waals surface area (Å²) in [6.07, 6.45) is 0. The first-order chi connectivity index (χ1) is 16.5. The minimum atomic E-state index is -0.274. The summed E-state index contributed by atoms with van der Waals surface area (Å²) in [5, 5.41) is 4.34. The molecule has 0 atom stereocenters. The summed E-state index contributed by atoms with van der Waals surface area (Å²) < 4.78 is 26.1. The van der Waals surface area contributed by atoms with Crippen LogP contribution in [0, 0.1) is 12.7 Å². The fraction of sp³-hybridized carbons (Fsp3) is 0.179. The molecule has 174 valence electrons. The summed E-state index contributed by atoms with van der Waals surface area (Å²) in [6, 6.07) is 24.2. The monoisotopic (exact) mass is 458 g/mol. The normalized spacial score (nSPS) is 11.4. The molecular weight excluding hydrogens is 431 g/mol. The largest absolute Gasteiger partial charge is 0.497 e. The highest BCUT2D eigenvalue weighted by Gasteiger charge is 2.17. The van der Waals surface area contributed by atoms with E-state index in [4.69, 9.17) is 14.3 Å². The highest BCUT2D eigenvalue weighted by Crippen LogP contribution is 2.32. The number of methoxy groups -OCH3 is 2. The summed E-state index contributed by atoms with van der Waals surface area (Å²) in [7, 11) is 3.31. The van der Waals surface area contributed by atoms with E-state index >= 15 is 0 Å². The Bertz CT molecular complexity index is 1290. The number of hydrogen-bond donors (Lipinski definition) is 0. The van der Waals surface area contributed by atoms with Crippen molar-refractivity contribution in [1.29, 1.82) is 0 Å². The van der Waals surface area contributed by atoms with Crippen LogP contribution in [0.25, 0.3) is 16.9 Å². The zero-order chi connectivity index (χ0) is 24.1. The molecule has 3 aromatic carbocycles. The molecule has 4 rings (SSSR count). The van der Waals surface area contributed by atoms with E-state index in [1.807, 2.05) is 49.4 Å². The van der Waals surface area contributed by atoms with Gasteiger partial charge in [-0.3, -0.25) is 0 Å². The minimum Gasteiger partial charge on any atom is -0.497 e. The average molecular weight is 459 g/mol. The molecule has 34 heavy (non-hydrogen) atoms. The average Bonchev–Trinajstić information content (AvgIpc) is 3.22. The zero-order valence-corrected chi connectivity index (χ0v) is 19.7. The predicted octanol–water partition coefficient (Wildman–Crippen LogP) is 6.55. The van der Waals surface area contributed by atoms with Crippen molar-refractivity contribution in [2.75, 3.05) is 14.2 Å². The Labute approximate surface area is 199 Å². The van der Waals surface area contributed by atoms with Crippen molar-refractivity contribution in [2.24, 2.45) is 5.16 Å². The molecule has 0 saturated carbocycles. The van der Waals surface area contributed by atoms with Gasteiger partial charge in [-0.2, -0.15) is 0 Å². The van der Waals surface area contributed by atoms with Crippen LogP contribution in [0.3, 0.4) is 0 Å². The second-order valence-electron chi connectivity index (χ2n) is 7.87. The quantitative estimate of drug-likeness (QED) is 0.222. The van der Waals surface area contributed by atoms with E-state index in [1.165, 1.54) is 12.1 Å². The zero-order valence-electron chi connectivity index (χ0n) is 19.7. The van der Waals surface area contributed by atoms with Crippen LogP contribution in [-0.2, 0) is 11.4 Å². The molecule has 6 heteroatoms. The number of halogens is 1. The predicted molar refractivity (Wildman–Crippen MR) is 132 cm³/mol. The van der Waals surface area contributed by atoms with Crippen molar-refractivity contribution in [1.82, 2.24) is 4.57 Å². The number of nitrogens with zero attached hydrogens (tertiary/aromatic N) is 2. The molecule has 0 radical (unpaired) electrons. The fourth-order valence-electron chi connectivity index (χ4n) is 3.87. The van der Waals surface area contributed by atoms with E-state index in [0.29, 0.717) is 0 Å². The van der Waals surface area contributed by atoms with Gasteiger partial charge in [0.15, 0.2) is 0 Å². The number of ether oxygens (including phenoxy) is 2. The first-order valence-electron chi connectivity index (χ1n) is 10.9. The molecule has 0 amide bonds. The Kier molecular flexibility index (Phi) is 6.97. The molecule has 0 spiro atoms. The molecule has 5 nitrogen and oxygen atoms in total. The van der Waals surface area contributed by atoms with Gasteiger partial charge in [0.05, 0.1) is 25.6 Å². The van der Waals surface area contributed by atoms with Gasteiger partial charge < -0.3 is 18.9 Å². The van der Waals surface area contributed by atoms with Crippen LogP contribution in [0.2, 0.25) is 0 Å². The van der Waals surface area contributed by atoms with Crippen molar-refractivity contribution in [3.8, 4) is 28.4 Å². The molecule has 1 heterocycles. The maximum absolute atomic E-state index is 13.1. The third kappa shape index (κ3) is 4.96. The molecule has 0 saturated heterocycles. The Balaban J connectivity index is 1.72. The third-order valence-corrected chi connectivity index (χ3v) is 5.68. The topological polar surface area (TPSA) is 45.0 Å². The summed E-state index contributed by atoms with van der Waals surface area (Å²) in [4.78, 5) is 5.58. The summed E-state index contributed by atoms with van der Waals surface area (Å²) in [5.74, 6) is 1.31. The SMILES string of the molecule is COc1ccc(-n2c(-c3cccc(OC)c3)cc(/C(C)=N\OCc3ccc(F)cc3)c2C)cc1. The van der Waals surface area contributed by atoms with Gasteiger partial charge in [0.1, 0.15) is 23.9 Å². The van der Waals surface area contributed by atoms with Crippen molar-refractivity contribution in [2.45, 2.75) is 20.5 Å². The van der Waals surface area contributed by atoms with Crippen molar-refractivity contribution in [3.63, 3.8) is 0 Å². The van der Waals surface area contributed by atoms with Crippen LogP contribution in [0.15, 0.2) is 84.0 Å². The summed E-state index contributed by atoms with van der Waals surface area (Å²) in [6.45, 7) is 4.24. The third-order valence-electron chi connectivity index (χ3n) is 5.68. The van der Waals surface area contributed by atoms with E-state index < -0.39 is 0 Å². The highest BCUT2D eigenvalue weighted by molar-refractivity contribution is 6.01. The van der Waals surface area contributed by atoms with Gasteiger partial charge in [-0.25, -0.2) is 4.39 Å². The van der Waals surface area contributed by atoms with Gasteiger partial charge in [-0.15, -0.1) is 0 Å². The van der Waals surface area contributed by atoms with E-state index in [1.54, 1.807) is 26.4 Å². The van der Waals surface area contributed by atoms with E-state index in [-0.39, 0.29) is 12.4 Å². The lowest BCUT2D eigenvalue weighted by molar-refractivity contribution is 0.130. The maximum atomic E-state index is 13.1. The van der Waals surface area contributed by atoms with Crippen LogP contribution in [0.4, 0.5) is 4.39 Å². The standard InChI is InChI=1S/C28H27FN2O3/c1-19(30-34-18-21-8-10-23(29)11-9-21)27-17-28(22-6-5-7-26(16-22)33-4)31(20(27)2)24-12-14-25(32-3)15-13-24/h5-17H,18H2,1-4H3/b30-19-. The van der Waals surface area contributed by atoms with E-state index in [9.17, 15) is 4.39 Å². The molecule has 0 aliphatic rings. The fourth-order valence-corrected chi connectivity index (χ4v) is 3.87. The van der Waals surface area contributed by atoms with Crippen molar-refractivity contribution >= 4 is 5.71 Å². The lowest BCUT2D eigenvalue weighted by atomic mass is 10.1. The first-order valence-corrected chi connectivity index (χ1v) is 10.9. The second kappa shape index (κ2) is 10.3. The number of oxime groups is 1. The molecule has 0 fully saturated rings. The van der Waals surface area contributed by atoms with Crippen molar-refractivity contribution in [3.05, 3.63) is 102 Å². The number of rotatable bonds is 8. The van der Waals surface area contributed by atoms with Crippen LogP contribution >= 0.6 is 0 Å². The maximum Gasteiger partial charge on any atom is 0.142 e. The Morgan fingerprint density at radius 2 is 1.59 bits per heavy atom. The molecule has 0 unspecified atom stereocenters. The Morgan fingerprint density at radius 1 is 0.882 bits per heavy atom. The van der Waals surface area contributed by atoms with Gasteiger partial charge in [0.25, 0.3) is 0 Å². The van der Waals surface area contributed by atoms with Gasteiger partial charge in [0.2, 0.25) is 0 Å². The van der Waals surface area contributed by atoms with Gasteiger partial charge in [-0.05, 0) is 74.0 Å². The number of aromatic nitrogens is 1. The lowest BCUT2D eigenvalue weighted by Crippen LogP contribution is -2.03. The highest BCUT2D eigenvalue weighted by atomic mass is 19.1. The van der Waals surface area contributed by atoms with Crippen LogP contribution in [-0.4, -0.2) is 24.5 Å². The lowest BCUT2D eigenvalue weighted by Gasteiger charge is -2.13. The molecule has 1 aromatic heterocycles. The van der Waals surface area contributed by atoms with Crippen LogP contribution in [0.5, 0.6) is 11.5 Å². The second-order valence-corrected chi connectivity index (χ2v) is 7.87. The molecule has 0 N–H and O–H groups in total. The van der Waals surface area contributed by atoms with Gasteiger partial charge in [0, 0.05) is 22.5 Å². The Morgan fingerprint density at radius 3 is 2.26 bits per heavy atom. The molecule has 0 aliphatic heterocycles. The summed E-state index contributed by atoms with van der Waals surface area (Å²) in [5.41, 5.74) is 6.61. The number of benzene rings is 3. The molecule has 4 aromatic rings. The molecular formula is C28H27FN2O3. The van der Waals surface area contributed by atoms with Crippen LogP contribution in [0.1, 0.15) is 23.7 Å². The van der Waals surface area contributed by atoms with Gasteiger partial charge >= 0.3 is 0 Å². The van der Waals surface area contributed by atoms with Crippen molar-refractivity contribution < 1.29 is 18.7 Å². The smallest absolute Gasteiger partial charge is 0.142 e. The first kappa shape index (κ1) is 23.1. The minimum absolute atomic E-state index is 0.262. The van der Waals surface area contributed by atoms with Crippen LogP contribution < -0.4 is 9.47 Å². The van der Waals surface area contributed by atoms with Gasteiger partial charge in [-0.1, -0.05) is 29.4 Å². The molecule has 0 aliphatic carbocycles. The Hall–Kier alpha value is -4.06. The summed E-state index contributed by atoms with van der Waals surface area (Å²) >= 11 is 0. The van der Waals surface area contributed by atoms with E-state index in [2.05, 4.69) is 28.8 Å². The van der Waals surface area contributed by atoms with E-state index in [0.717, 1.165) is 51.0 Å².